The van der Waals surface area contributed by atoms with Gasteiger partial charge >= 0.3 is 0 Å². The molecule has 0 bridgehead atoms. The SMILES string of the molecule is CCC1CN(C2CCCC(C3CC3)C2)CCC1N. The van der Waals surface area contributed by atoms with E-state index in [9.17, 15) is 0 Å². The first-order chi connectivity index (χ1) is 8.78. The van der Waals surface area contributed by atoms with Crippen molar-refractivity contribution in [2.45, 2.75) is 70.4 Å². The van der Waals surface area contributed by atoms with E-state index < -0.39 is 0 Å². The lowest BCUT2D eigenvalue weighted by Crippen LogP contribution is -2.51. The summed E-state index contributed by atoms with van der Waals surface area (Å²) >= 11 is 0. The van der Waals surface area contributed by atoms with Crippen LogP contribution in [0.5, 0.6) is 0 Å². The molecule has 0 radical (unpaired) electrons. The molecule has 0 spiro atoms. The highest BCUT2D eigenvalue weighted by molar-refractivity contribution is 4.91. The fourth-order valence-electron chi connectivity index (χ4n) is 4.37. The molecule has 0 amide bonds. The van der Waals surface area contributed by atoms with Crippen molar-refractivity contribution in [1.82, 2.24) is 4.90 Å². The van der Waals surface area contributed by atoms with Crippen LogP contribution in [0.2, 0.25) is 0 Å². The van der Waals surface area contributed by atoms with Gasteiger partial charge < -0.3 is 5.73 Å². The molecular weight excluding hydrogens is 220 g/mol. The molecule has 2 nitrogen and oxygen atoms in total. The van der Waals surface area contributed by atoms with Crippen LogP contribution in [0.1, 0.15) is 58.3 Å². The molecule has 4 unspecified atom stereocenters. The lowest BCUT2D eigenvalue weighted by atomic mass is 9.80. The van der Waals surface area contributed by atoms with E-state index in [1.54, 1.807) is 0 Å². The Morgan fingerprint density at radius 3 is 2.61 bits per heavy atom. The summed E-state index contributed by atoms with van der Waals surface area (Å²) < 4.78 is 0. The van der Waals surface area contributed by atoms with E-state index in [0.717, 1.165) is 23.8 Å². The number of piperidine rings is 1. The number of likely N-dealkylation sites (tertiary alicyclic amines) is 1. The van der Waals surface area contributed by atoms with Gasteiger partial charge in [0, 0.05) is 18.6 Å². The van der Waals surface area contributed by atoms with E-state index in [1.807, 2.05) is 0 Å². The van der Waals surface area contributed by atoms with Gasteiger partial charge in [0.25, 0.3) is 0 Å². The second-order valence-electron chi connectivity index (χ2n) is 7.03. The van der Waals surface area contributed by atoms with Crippen molar-refractivity contribution >= 4 is 0 Å². The van der Waals surface area contributed by atoms with E-state index >= 15 is 0 Å². The molecule has 1 heterocycles. The predicted molar refractivity (Wildman–Crippen MR) is 76.4 cm³/mol. The maximum absolute atomic E-state index is 6.24. The Kier molecular flexibility index (Phi) is 3.95. The highest BCUT2D eigenvalue weighted by Gasteiger charge is 2.37. The summed E-state index contributed by atoms with van der Waals surface area (Å²) in [6.07, 6.45) is 11.5. The molecular formula is C16H30N2. The quantitative estimate of drug-likeness (QED) is 0.834. The third-order valence-corrected chi connectivity index (χ3v) is 5.84. The molecule has 3 rings (SSSR count). The normalized spacial score (nSPS) is 43.0. The van der Waals surface area contributed by atoms with Crippen LogP contribution < -0.4 is 5.73 Å². The molecule has 3 fully saturated rings. The topological polar surface area (TPSA) is 29.3 Å². The van der Waals surface area contributed by atoms with Gasteiger partial charge in [0.15, 0.2) is 0 Å². The third-order valence-electron chi connectivity index (χ3n) is 5.84. The fourth-order valence-corrected chi connectivity index (χ4v) is 4.37. The Morgan fingerprint density at radius 2 is 1.89 bits per heavy atom. The highest BCUT2D eigenvalue weighted by Crippen LogP contribution is 2.45. The van der Waals surface area contributed by atoms with Gasteiger partial charge in [-0.25, -0.2) is 0 Å². The first-order valence-corrected chi connectivity index (χ1v) is 8.27. The summed E-state index contributed by atoms with van der Waals surface area (Å²) in [6.45, 7) is 4.85. The molecule has 18 heavy (non-hydrogen) atoms. The van der Waals surface area contributed by atoms with Gasteiger partial charge in [0.1, 0.15) is 0 Å². The summed E-state index contributed by atoms with van der Waals surface area (Å²) in [5.41, 5.74) is 6.24. The number of hydrogen-bond acceptors (Lipinski definition) is 2. The molecule has 1 aliphatic heterocycles. The minimum absolute atomic E-state index is 0.467. The van der Waals surface area contributed by atoms with E-state index in [1.165, 1.54) is 64.5 Å². The average Bonchev–Trinajstić information content (AvgIpc) is 3.24. The molecule has 4 atom stereocenters. The number of nitrogens with two attached hydrogens (primary N) is 1. The van der Waals surface area contributed by atoms with Gasteiger partial charge in [-0.3, -0.25) is 4.90 Å². The Hall–Kier alpha value is -0.0800. The van der Waals surface area contributed by atoms with Crippen LogP contribution in [0.25, 0.3) is 0 Å². The number of rotatable bonds is 3. The second-order valence-corrected chi connectivity index (χ2v) is 7.03. The van der Waals surface area contributed by atoms with Gasteiger partial charge in [-0.15, -0.1) is 0 Å². The molecule has 0 aromatic heterocycles. The summed E-state index contributed by atoms with van der Waals surface area (Å²) in [5.74, 6) is 2.93. The number of nitrogens with zero attached hydrogens (tertiary/aromatic N) is 1. The molecule has 0 aromatic rings. The minimum atomic E-state index is 0.467. The summed E-state index contributed by atoms with van der Waals surface area (Å²) in [7, 11) is 0. The molecule has 2 heteroatoms. The van der Waals surface area contributed by atoms with Crippen molar-refractivity contribution < 1.29 is 0 Å². The third kappa shape index (κ3) is 2.75. The van der Waals surface area contributed by atoms with Crippen LogP contribution in [-0.4, -0.2) is 30.1 Å². The van der Waals surface area contributed by atoms with Crippen molar-refractivity contribution in [1.29, 1.82) is 0 Å². The summed E-state index contributed by atoms with van der Waals surface area (Å²) in [6, 6.07) is 1.36. The van der Waals surface area contributed by atoms with Crippen molar-refractivity contribution in [2.24, 2.45) is 23.5 Å². The van der Waals surface area contributed by atoms with E-state index in [-0.39, 0.29) is 0 Å². The van der Waals surface area contributed by atoms with Gasteiger partial charge in [-0.2, -0.15) is 0 Å². The van der Waals surface area contributed by atoms with Gasteiger partial charge in [0.2, 0.25) is 0 Å². The van der Waals surface area contributed by atoms with Crippen LogP contribution in [0, 0.1) is 17.8 Å². The Morgan fingerprint density at radius 1 is 1.06 bits per heavy atom. The van der Waals surface area contributed by atoms with Crippen LogP contribution >= 0.6 is 0 Å². The zero-order valence-electron chi connectivity index (χ0n) is 12.0. The predicted octanol–water partition coefficient (Wildman–Crippen LogP) is 3.01. The molecule has 1 saturated heterocycles. The second kappa shape index (κ2) is 5.50. The molecule has 2 aliphatic carbocycles. The van der Waals surface area contributed by atoms with Crippen LogP contribution in [0.4, 0.5) is 0 Å². The molecule has 0 aromatic carbocycles. The average molecular weight is 250 g/mol. The molecule has 3 aliphatic rings. The number of hydrogen-bond donors (Lipinski definition) is 1. The Labute approximate surface area is 112 Å². The van der Waals surface area contributed by atoms with Crippen molar-refractivity contribution in [3.8, 4) is 0 Å². The van der Waals surface area contributed by atoms with Crippen LogP contribution in [-0.2, 0) is 0 Å². The molecule has 104 valence electrons. The van der Waals surface area contributed by atoms with E-state index in [2.05, 4.69) is 11.8 Å². The smallest absolute Gasteiger partial charge is 0.00981 e. The van der Waals surface area contributed by atoms with Gasteiger partial charge in [-0.1, -0.05) is 26.2 Å². The van der Waals surface area contributed by atoms with Crippen LogP contribution in [0.3, 0.4) is 0 Å². The van der Waals surface area contributed by atoms with E-state index in [4.69, 9.17) is 5.73 Å². The highest BCUT2D eigenvalue weighted by atomic mass is 15.2. The van der Waals surface area contributed by atoms with Crippen molar-refractivity contribution in [3.05, 3.63) is 0 Å². The maximum Gasteiger partial charge on any atom is 0.00981 e. The zero-order valence-corrected chi connectivity index (χ0v) is 12.0. The minimum Gasteiger partial charge on any atom is -0.327 e. The van der Waals surface area contributed by atoms with Crippen molar-refractivity contribution in [2.75, 3.05) is 13.1 Å². The summed E-state index contributed by atoms with van der Waals surface area (Å²) in [5, 5.41) is 0. The first-order valence-electron chi connectivity index (χ1n) is 8.27. The molecule has 2 N–H and O–H groups in total. The largest absolute Gasteiger partial charge is 0.327 e. The lowest BCUT2D eigenvalue weighted by Gasteiger charge is -2.44. The Balaban J connectivity index is 1.56. The van der Waals surface area contributed by atoms with Gasteiger partial charge in [0.05, 0.1) is 0 Å². The van der Waals surface area contributed by atoms with Crippen LogP contribution in [0.15, 0.2) is 0 Å². The monoisotopic (exact) mass is 250 g/mol. The van der Waals surface area contributed by atoms with E-state index in [0.29, 0.717) is 6.04 Å². The van der Waals surface area contributed by atoms with Crippen molar-refractivity contribution in [3.63, 3.8) is 0 Å². The Bertz CT molecular complexity index is 270. The summed E-state index contributed by atoms with van der Waals surface area (Å²) in [4.78, 5) is 2.80. The zero-order chi connectivity index (χ0) is 12.5. The first kappa shape index (κ1) is 12.9. The van der Waals surface area contributed by atoms with Gasteiger partial charge in [-0.05, 0) is 56.4 Å². The standard InChI is InChI=1S/C16H30N2/c1-2-12-11-18(9-8-16(12)17)15-5-3-4-14(10-15)13-6-7-13/h12-16H,2-11,17H2,1H3. The lowest BCUT2D eigenvalue weighted by molar-refractivity contribution is 0.0679. The molecule has 2 saturated carbocycles. The maximum atomic E-state index is 6.24. The fraction of sp³-hybridized carbons (Fsp3) is 1.00.